The predicted molar refractivity (Wildman–Crippen MR) is 43.6 cm³/mol. The normalized spacial score (nSPS) is 10.1. The van der Waals surface area contributed by atoms with E-state index in [9.17, 15) is 9.18 Å². The maximum atomic E-state index is 12.5. The van der Waals surface area contributed by atoms with Gasteiger partial charge in [-0.25, -0.2) is 0 Å². The van der Waals surface area contributed by atoms with Gasteiger partial charge < -0.3 is 4.74 Å². The lowest BCUT2D eigenvalue weighted by atomic mass is 10.5. The summed E-state index contributed by atoms with van der Waals surface area (Å²) in [6.45, 7) is 3.68. The van der Waals surface area contributed by atoms with Crippen LogP contribution in [-0.2, 0) is 16.1 Å². The van der Waals surface area contributed by atoms with E-state index in [0.29, 0.717) is 12.3 Å². The molecule has 72 valence electrons. The molecule has 0 atom stereocenters. The highest BCUT2D eigenvalue weighted by Crippen LogP contribution is 2.01. The van der Waals surface area contributed by atoms with Crippen molar-refractivity contribution in [3.05, 3.63) is 17.7 Å². The van der Waals surface area contributed by atoms with Gasteiger partial charge in [0.05, 0.1) is 6.61 Å². The number of carbonyl (C=O) groups is 1. The van der Waals surface area contributed by atoms with Crippen LogP contribution in [0.5, 0.6) is 0 Å². The van der Waals surface area contributed by atoms with Crippen LogP contribution in [0.25, 0.3) is 0 Å². The number of nitrogens with zero attached hydrogens (tertiary/aromatic N) is 2. The number of aromatic nitrogens is 2. The maximum absolute atomic E-state index is 12.5. The lowest BCUT2D eigenvalue weighted by Crippen LogP contribution is -2.15. The quantitative estimate of drug-likeness (QED) is 0.658. The van der Waals surface area contributed by atoms with Gasteiger partial charge in [0, 0.05) is 11.8 Å². The standard InChI is InChI=1S/C8H11FN2O2/c1-3-13-8(12)5-11-6(2)4-7(9)10-11/h4H,3,5H2,1-2H3. The molecule has 5 heteroatoms. The minimum absolute atomic E-state index is 0.0381. The first kappa shape index (κ1) is 9.70. The molecule has 4 nitrogen and oxygen atoms in total. The summed E-state index contributed by atoms with van der Waals surface area (Å²) in [6.07, 6.45) is 0. The molecule has 0 aliphatic heterocycles. The van der Waals surface area contributed by atoms with Gasteiger partial charge in [0.2, 0.25) is 5.95 Å². The molecule has 0 fully saturated rings. The van der Waals surface area contributed by atoms with Gasteiger partial charge >= 0.3 is 5.97 Å². The van der Waals surface area contributed by atoms with Gasteiger partial charge in [-0.3, -0.25) is 9.48 Å². The number of aryl methyl sites for hydroxylation is 1. The average molecular weight is 186 g/mol. The second-order valence-electron chi connectivity index (χ2n) is 2.57. The topological polar surface area (TPSA) is 44.1 Å². The van der Waals surface area contributed by atoms with E-state index in [4.69, 9.17) is 0 Å². The molecule has 0 radical (unpaired) electrons. The van der Waals surface area contributed by atoms with E-state index in [0.717, 1.165) is 0 Å². The van der Waals surface area contributed by atoms with Gasteiger partial charge in [-0.15, -0.1) is 5.10 Å². The summed E-state index contributed by atoms with van der Waals surface area (Å²) < 4.78 is 18.5. The largest absolute Gasteiger partial charge is 0.465 e. The minimum Gasteiger partial charge on any atom is -0.465 e. The zero-order chi connectivity index (χ0) is 9.84. The van der Waals surface area contributed by atoms with E-state index in [1.54, 1.807) is 13.8 Å². The molecule has 0 saturated carbocycles. The van der Waals surface area contributed by atoms with Crippen molar-refractivity contribution in [2.75, 3.05) is 6.61 Å². The van der Waals surface area contributed by atoms with E-state index in [1.807, 2.05) is 0 Å². The third-order valence-corrected chi connectivity index (χ3v) is 1.54. The van der Waals surface area contributed by atoms with E-state index in [-0.39, 0.29) is 6.54 Å². The van der Waals surface area contributed by atoms with Gasteiger partial charge in [0.1, 0.15) is 6.54 Å². The number of halogens is 1. The van der Waals surface area contributed by atoms with Crippen LogP contribution in [-0.4, -0.2) is 22.4 Å². The zero-order valence-electron chi connectivity index (χ0n) is 7.58. The van der Waals surface area contributed by atoms with Crippen LogP contribution in [0.15, 0.2) is 6.07 Å². The molecular weight excluding hydrogens is 175 g/mol. The van der Waals surface area contributed by atoms with Gasteiger partial charge in [-0.05, 0) is 13.8 Å². The molecule has 0 unspecified atom stereocenters. The zero-order valence-corrected chi connectivity index (χ0v) is 7.58. The fourth-order valence-corrected chi connectivity index (χ4v) is 0.959. The summed E-state index contributed by atoms with van der Waals surface area (Å²) in [4.78, 5) is 11.0. The summed E-state index contributed by atoms with van der Waals surface area (Å²) in [5, 5.41) is 3.48. The summed E-state index contributed by atoms with van der Waals surface area (Å²) in [7, 11) is 0. The molecule has 1 heterocycles. The number of carbonyl (C=O) groups excluding carboxylic acids is 1. The first-order valence-electron chi connectivity index (χ1n) is 3.99. The summed E-state index contributed by atoms with van der Waals surface area (Å²) >= 11 is 0. The van der Waals surface area contributed by atoms with Crippen molar-refractivity contribution in [3.63, 3.8) is 0 Å². The van der Waals surface area contributed by atoms with Crippen molar-refractivity contribution in [2.45, 2.75) is 20.4 Å². The molecule has 0 aliphatic rings. The number of hydrogen-bond acceptors (Lipinski definition) is 3. The molecule has 1 aromatic rings. The Morgan fingerprint density at radius 3 is 2.92 bits per heavy atom. The number of ether oxygens (including phenoxy) is 1. The minimum atomic E-state index is -0.582. The lowest BCUT2D eigenvalue weighted by Gasteiger charge is -2.02. The van der Waals surface area contributed by atoms with Crippen molar-refractivity contribution in [1.82, 2.24) is 9.78 Å². The molecule has 0 amide bonds. The van der Waals surface area contributed by atoms with Gasteiger partial charge in [-0.1, -0.05) is 0 Å². The van der Waals surface area contributed by atoms with E-state index >= 15 is 0 Å². The number of hydrogen-bond donors (Lipinski definition) is 0. The van der Waals surface area contributed by atoms with Crippen molar-refractivity contribution in [2.24, 2.45) is 0 Å². The first-order chi connectivity index (χ1) is 6.13. The maximum Gasteiger partial charge on any atom is 0.327 e. The SMILES string of the molecule is CCOC(=O)Cn1nc(F)cc1C. The smallest absolute Gasteiger partial charge is 0.327 e. The number of rotatable bonds is 3. The van der Waals surface area contributed by atoms with Crippen LogP contribution in [0.4, 0.5) is 4.39 Å². The Bertz CT molecular complexity index is 309. The van der Waals surface area contributed by atoms with Crippen LogP contribution >= 0.6 is 0 Å². The van der Waals surface area contributed by atoms with Crippen LogP contribution in [0, 0.1) is 12.9 Å². The molecular formula is C8H11FN2O2. The Labute approximate surface area is 75.3 Å². The third kappa shape index (κ3) is 2.54. The Morgan fingerprint density at radius 1 is 1.77 bits per heavy atom. The summed E-state index contributed by atoms with van der Waals surface area (Å²) in [5.74, 6) is -0.990. The lowest BCUT2D eigenvalue weighted by molar-refractivity contribution is -0.144. The third-order valence-electron chi connectivity index (χ3n) is 1.54. The Hall–Kier alpha value is -1.39. The van der Waals surface area contributed by atoms with Crippen molar-refractivity contribution >= 4 is 5.97 Å². The fourth-order valence-electron chi connectivity index (χ4n) is 0.959. The van der Waals surface area contributed by atoms with Gasteiger partial charge in [0.25, 0.3) is 0 Å². The van der Waals surface area contributed by atoms with Crippen LogP contribution < -0.4 is 0 Å². The van der Waals surface area contributed by atoms with Gasteiger partial charge in [0.15, 0.2) is 0 Å². The highest BCUT2D eigenvalue weighted by atomic mass is 19.1. The van der Waals surface area contributed by atoms with E-state index in [2.05, 4.69) is 9.84 Å². The second kappa shape index (κ2) is 4.02. The van der Waals surface area contributed by atoms with E-state index in [1.165, 1.54) is 10.7 Å². The Morgan fingerprint density at radius 2 is 2.46 bits per heavy atom. The second-order valence-corrected chi connectivity index (χ2v) is 2.57. The fraction of sp³-hybridized carbons (Fsp3) is 0.500. The van der Waals surface area contributed by atoms with Crippen molar-refractivity contribution < 1.29 is 13.9 Å². The van der Waals surface area contributed by atoms with Crippen molar-refractivity contribution in [1.29, 1.82) is 0 Å². The molecule has 0 N–H and O–H groups in total. The highest BCUT2D eigenvalue weighted by molar-refractivity contribution is 5.69. The molecule has 1 aromatic heterocycles. The molecule has 1 rings (SSSR count). The molecule has 0 bridgehead atoms. The molecule has 0 saturated heterocycles. The summed E-state index contributed by atoms with van der Waals surface area (Å²) in [5.41, 5.74) is 0.602. The van der Waals surface area contributed by atoms with Crippen LogP contribution in [0.3, 0.4) is 0 Å². The highest BCUT2D eigenvalue weighted by Gasteiger charge is 2.08. The predicted octanol–water partition coefficient (Wildman–Crippen LogP) is 0.894. The van der Waals surface area contributed by atoms with Crippen LogP contribution in [0.2, 0.25) is 0 Å². The molecule has 0 spiro atoms. The summed E-state index contributed by atoms with van der Waals surface area (Å²) in [6, 6.07) is 1.26. The Kier molecular flexibility index (Phi) is 3.00. The monoisotopic (exact) mass is 186 g/mol. The Balaban J connectivity index is 2.63. The molecule has 0 aliphatic carbocycles. The van der Waals surface area contributed by atoms with Crippen LogP contribution in [0.1, 0.15) is 12.6 Å². The first-order valence-corrected chi connectivity index (χ1v) is 3.99. The molecule has 13 heavy (non-hydrogen) atoms. The average Bonchev–Trinajstić information content (AvgIpc) is 2.30. The van der Waals surface area contributed by atoms with Crippen molar-refractivity contribution in [3.8, 4) is 0 Å². The number of esters is 1. The molecule has 0 aromatic carbocycles. The van der Waals surface area contributed by atoms with E-state index < -0.39 is 11.9 Å². The van der Waals surface area contributed by atoms with Gasteiger partial charge in [-0.2, -0.15) is 4.39 Å².